The van der Waals surface area contributed by atoms with Crippen molar-refractivity contribution >= 4 is 40.8 Å². The van der Waals surface area contributed by atoms with Crippen LogP contribution in [-0.4, -0.2) is 39.7 Å². The summed E-state index contributed by atoms with van der Waals surface area (Å²) in [7, 11) is 0. The number of nitro groups is 1. The highest BCUT2D eigenvalue weighted by molar-refractivity contribution is 6.30. The Labute approximate surface area is 204 Å². The highest BCUT2D eigenvalue weighted by Gasteiger charge is 2.25. The standard InChI is InChI=1S/C23H31ClN6O4/c1-23(2,3)34-22(31)27-13-16-6-4-5-15(11-16)12-25-20-19(30(32)33)14-26-21(29-20)28-18-9-7-17(24)8-10-18/h7-10,14-16H,4-6,11-13H2,1-3H3,(H,27,31)(H2,25,26,28,29). The van der Waals surface area contributed by atoms with Crippen molar-refractivity contribution in [3.05, 3.63) is 45.6 Å². The third-order valence-corrected chi connectivity index (χ3v) is 5.70. The number of ether oxygens (including phenoxy) is 1. The van der Waals surface area contributed by atoms with Crippen LogP contribution in [0.5, 0.6) is 0 Å². The number of rotatable bonds is 8. The normalized spacial score (nSPS) is 18.1. The number of hydrogen-bond acceptors (Lipinski definition) is 8. The van der Waals surface area contributed by atoms with E-state index in [4.69, 9.17) is 16.3 Å². The van der Waals surface area contributed by atoms with E-state index in [1.165, 1.54) is 6.20 Å². The Hall–Kier alpha value is -3.14. The highest BCUT2D eigenvalue weighted by atomic mass is 35.5. The first-order valence-corrected chi connectivity index (χ1v) is 11.7. The topological polar surface area (TPSA) is 131 Å². The van der Waals surface area contributed by atoms with Gasteiger partial charge in [0.2, 0.25) is 11.8 Å². The minimum absolute atomic E-state index is 0.172. The molecule has 0 spiro atoms. The lowest BCUT2D eigenvalue weighted by atomic mass is 9.81. The molecule has 0 aliphatic heterocycles. The van der Waals surface area contributed by atoms with Crippen molar-refractivity contribution < 1.29 is 14.5 Å². The zero-order chi connectivity index (χ0) is 24.7. The van der Waals surface area contributed by atoms with Crippen LogP contribution in [0.2, 0.25) is 5.02 Å². The largest absolute Gasteiger partial charge is 0.444 e. The molecule has 3 rings (SSSR count). The SMILES string of the molecule is CC(C)(C)OC(=O)NCC1CCCC(CNc2nc(Nc3ccc(Cl)cc3)ncc2[N+](=O)[O-])C1. The molecule has 3 N–H and O–H groups in total. The summed E-state index contributed by atoms with van der Waals surface area (Å²) in [6.45, 7) is 6.59. The van der Waals surface area contributed by atoms with Crippen LogP contribution in [0, 0.1) is 22.0 Å². The van der Waals surface area contributed by atoms with Gasteiger partial charge in [-0.25, -0.2) is 9.78 Å². The molecule has 2 unspecified atom stereocenters. The van der Waals surface area contributed by atoms with Gasteiger partial charge in [0, 0.05) is 23.8 Å². The Morgan fingerprint density at radius 3 is 2.53 bits per heavy atom. The van der Waals surface area contributed by atoms with Gasteiger partial charge in [-0.3, -0.25) is 10.1 Å². The minimum atomic E-state index is -0.531. The van der Waals surface area contributed by atoms with Crippen molar-refractivity contribution in [3.63, 3.8) is 0 Å². The number of nitrogens with one attached hydrogen (secondary N) is 3. The fourth-order valence-electron chi connectivity index (χ4n) is 3.92. The third kappa shape index (κ3) is 8.02. The minimum Gasteiger partial charge on any atom is -0.444 e. The molecule has 2 aromatic rings. The molecule has 10 nitrogen and oxygen atoms in total. The summed E-state index contributed by atoms with van der Waals surface area (Å²) in [5.74, 6) is 1.06. The number of hydrogen-bond donors (Lipinski definition) is 3. The van der Waals surface area contributed by atoms with Gasteiger partial charge < -0.3 is 20.7 Å². The van der Waals surface area contributed by atoms with E-state index >= 15 is 0 Å². The smallest absolute Gasteiger partial charge is 0.407 e. The molecule has 184 valence electrons. The van der Waals surface area contributed by atoms with Gasteiger partial charge >= 0.3 is 11.8 Å². The molecule has 0 radical (unpaired) electrons. The van der Waals surface area contributed by atoms with Gasteiger partial charge in [0.1, 0.15) is 11.8 Å². The lowest BCUT2D eigenvalue weighted by Gasteiger charge is -2.30. The van der Waals surface area contributed by atoms with Crippen molar-refractivity contribution in [2.24, 2.45) is 11.8 Å². The molecular formula is C23H31ClN6O4. The Morgan fingerprint density at radius 2 is 1.88 bits per heavy atom. The quantitative estimate of drug-likeness (QED) is 0.325. The van der Waals surface area contributed by atoms with E-state index in [0.717, 1.165) is 31.4 Å². The monoisotopic (exact) mass is 490 g/mol. The second kappa shape index (κ2) is 11.3. The van der Waals surface area contributed by atoms with Crippen LogP contribution >= 0.6 is 11.6 Å². The van der Waals surface area contributed by atoms with Crippen LogP contribution in [0.4, 0.5) is 27.9 Å². The molecule has 1 amide bonds. The van der Waals surface area contributed by atoms with E-state index in [9.17, 15) is 14.9 Å². The number of halogens is 1. The molecule has 1 aliphatic rings. The van der Waals surface area contributed by atoms with Gasteiger partial charge in [0.05, 0.1) is 4.92 Å². The number of aromatic nitrogens is 2. The van der Waals surface area contributed by atoms with E-state index < -0.39 is 16.6 Å². The van der Waals surface area contributed by atoms with Crippen LogP contribution in [0.3, 0.4) is 0 Å². The molecular weight excluding hydrogens is 460 g/mol. The van der Waals surface area contributed by atoms with Crippen LogP contribution in [0.15, 0.2) is 30.5 Å². The van der Waals surface area contributed by atoms with Crippen molar-refractivity contribution in [3.8, 4) is 0 Å². The molecule has 0 saturated heterocycles. The summed E-state index contributed by atoms with van der Waals surface area (Å²) < 4.78 is 5.30. The van der Waals surface area contributed by atoms with Crippen molar-refractivity contribution in [1.82, 2.24) is 15.3 Å². The number of benzene rings is 1. The van der Waals surface area contributed by atoms with Crippen LogP contribution in [0.1, 0.15) is 46.5 Å². The summed E-state index contributed by atoms with van der Waals surface area (Å²) >= 11 is 5.91. The van der Waals surface area contributed by atoms with Gasteiger partial charge in [-0.1, -0.05) is 18.0 Å². The summed E-state index contributed by atoms with van der Waals surface area (Å²) in [6.07, 6.45) is 4.74. The zero-order valence-electron chi connectivity index (χ0n) is 19.6. The number of nitrogens with zero attached hydrogens (tertiary/aromatic N) is 3. The Bertz CT molecular complexity index is 996. The van der Waals surface area contributed by atoms with Crippen LogP contribution in [-0.2, 0) is 4.74 Å². The Morgan fingerprint density at radius 1 is 1.21 bits per heavy atom. The highest BCUT2D eigenvalue weighted by Crippen LogP contribution is 2.30. The molecule has 1 fully saturated rings. The fourth-order valence-corrected chi connectivity index (χ4v) is 4.04. The number of carbonyl (C=O) groups is 1. The summed E-state index contributed by atoms with van der Waals surface area (Å²) in [5, 5.41) is 21.1. The first-order valence-electron chi connectivity index (χ1n) is 11.3. The second-order valence-electron chi connectivity index (χ2n) is 9.48. The molecule has 11 heteroatoms. The summed E-state index contributed by atoms with van der Waals surface area (Å²) in [5.41, 5.74) is 0.00816. The van der Waals surface area contributed by atoms with E-state index in [2.05, 4.69) is 25.9 Å². The maximum atomic E-state index is 11.9. The predicted octanol–water partition coefficient (Wildman–Crippen LogP) is 5.52. The molecule has 1 heterocycles. The fraction of sp³-hybridized carbons (Fsp3) is 0.522. The van der Waals surface area contributed by atoms with Crippen molar-refractivity contribution in [2.75, 3.05) is 23.7 Å². The van der Waals surface area contributed by atoms with Crippen LogP contribution in [0.25, 0.3) is 0 Å². The molecule has 1 aliphatic carbocycles. The molecule has 1 saturated carbocycles. The number of amides is 1. The van der Waals surface area contributed by atoms with E-state index in [0.29, 0.717) is 29.9 Å². The van der Waals surface area contributed by atoms with Gasteiger partial charge in [-0.15, -0.1) is 0 Å². The second-order valence-corrected chi connectivity index (χ2v) is 9.92. The van der Waals surface area contributed by atoms with Crippen LogP contribution < -0.4 is 16.0 Å². The third-order valence-electron chi connectivity index (χ3n) is 5.45. The van der Waals surface area contributed by atoms with E-state index in [1.54, 1.807) is 24.3 Å². The van der Waals surface area contributed by atoms with E-state index in [1.807, 2.05) is 20.8 Å². The first-order chi connectivity index (χ1) is 16.1. The Kier molecular flexibility index (Phi) is 8.49. The predicted molar refractivity (Wildman–Crippen MR) is 132 cm³/mol. The first kappa shape index (κ1) is 25.5. The van der Waals surface area contributed by atoms with Gasteiger partial charge in [-0.05, 0) is 76.1 Å². The average Bonchev–Trinajstić information content (AvgIpc) is 2.77. The molecule has 1 aromatic heterocycles. The van der Waals surface area contributed by atoms with E-state index in [-0.39, 0.29) is 17.5 Å². The number of anilines is 3. The number of alkyl carbamates (subject to hydrolysis) is 1. The number of carbonyl (C=O) groups excluding carboxylic acids is 1. The summed E-state index contributed by atoms with van der Waals surface area (Å²) in [6, 6.07) is 7.00. The van der Waals surface area contributed by atoms with Gasteiger partial charge in [0.15, 0.2) is 0 Å². The molecule has 2 atom stereocenters. The lowest BCUT2D eigenvalue weighted by Crippen LogP contribution is -2.37. The molecule has 34 heavy (non-hydrogen) atoms. The maximum absolute atomic E-state index is 11.9. The van der Waals surface area contributed by atoms with Crippen molar-refractivity contribution in [1.29, 1.82) is 0 Å². The van der Waals surface area contributed by atoms with Gasteiger partial charge in [0.25, 0.3) is 0 Å². The van der Waals surface area contributed by atoms with Gasteiger partial charge in [-0.2, -0.15) is 4.98 Å². The summed E-state index contributed by atoms with van der Waals surface area (Å²) in [4.78, 5) is 31.3. The molecule has 0 bridgehead atoms. The lowest BCUT2D eigenvalue weighted by molar-refractivity contribution is -0.384. The molecule has 1 aromatic carbocycles. The maximum Gasteiger partial charge on any atom is 0.407 e. The zero-order valence-corrected chi connectivity index (χ0v) is 20.4. The average molecular weight is 491 g/mol. The Balaban J connectivity index is 1.58. The van der Waals surface area contributed by atoms with Crippen molar-refractivity contribution in [2.45, 2.75) is 52.1 Å².